The minimum atomic E-state index is -0.861. The van der Waals surface area contributed by atoms with E-state index >= 15 is 0 Å². The fourth-order valence-corrected chi connectivity index (χ4v) is 0.995. The molecule has 0 saturated heterocycles. The van der Waals surface area contributed by atoms with Crippen molar-refractivity contribution in [3.05, 3.63) is 0 Å². The molecule has 0 aliphatic rings. The summed E-state index contributed by atoms with van der Waals surface area (Å²) in [5.41, 5.74) is 0. The molecular weight excluding hydrogens is 146 g/mol. The molecule has 0 aliphatic carbocycles. The summed E-state index contributed by atoms with van der Waals surface area (Å²) in [6.07, 6.45) is 0. The molecule has 0 aliphatic heterocycles. The Balaban J connectivity index is 2.99. The molecule has 0 bridgehead atoms. The minimum Gasteiger partial charge on any atom is -0.243 e. The molecule has 0 saturated carbocycles. The maximum atomic E-state index is 10.5. The van der Waals surface area contributed by atoms with E-state index in [1.165, 1.54) is 0 Å². The monoisotopic (exact) mass is 155 g/mol. The molecule has 4 heteroatoms. The third kappa shape index (κ3) is 4.56. The largest absolute Gasteiger partial charge is 0.243 e. The Bertz CT molecular complexity index is 78.4. The molecule has 0 fully saturated rings. The van der Waals surface area contributed by atoms with Gasteiger partial charge < -0.3 is 0 Å². The quantitative estimate of drug-likeness (QED) is 0.589. The van der Waals surface area contributed by atoms with Crippen molar-refractivity contribution in [2.45, 2.75) is 6.92 Å². The molecule has 1 unspecified atom stereocenters. The maximum Gasteiger partial charge on any atom is 0.0912 e. The molecule has 2 nitrogen and oxygen atoms in total. The van der Waals surface area contributed by atoms with E-state index < -0.39 is 11.0 Å². The molecule has 0 rings (SSSR count). The second kappa shape index (κ2) is 5.54. The standard InChI is InChI=1S/C4H10ClNOS/c1-2-8(7)6-4-3-5/h6H,2-4H2,1H3. The summed E-state index contributed by atoms with van der Waals surface area (Å²) in [5.74, 6) is 1.17. The van der Waals surface area contributed by atoms with Crippen molar-refractivity contribution in [1.82, 2.24) is 4.72 Å². The number of halogens is 1. The van der Waals surface area contributed by atoms with Gasteiger partial charge in [-0.25, -0.2) is 8.93 Å². The predicted molar refractivity (Wildman–Crippen MR) is 37.4 cm³/mol. The third-order valence-corrected chi connectivity index (χ3v) is 1.86. The van der Waals surface area contributed by atoms with Gasteiger partial charge in [-0.15, -0.1) is 11.6 Å². The van der Waals surface area contributed by atoms with Gasteiger partial charge in [0.05, 0.1) is 11.0 Å². The summed E-state index contributed by atoms with van der Waals surface area (Å²) in [4.78, 5) is 0. The summed E-state index contributed by atoms with van der Waals surface area (Å²) in [6, 6.07) is 0. The van der Waals surface area contributed by atoms with Crippen LogP contribution in [0.3, 0.4) is 0 Å². The Morgan fingerprint density at radius 2 is 2.38 bits per heavy atom. The summed E-state index contributed by atoms with van der Waals surface area (Å²) in [7, 11) is -0.861. The van der Waals surface area contributed by atoms with Gasteiger partial charge >= 0.3 is 0 Å². The predicted octanol–water partition coefficient (Wildman–Crippen LogP) is 0.498. The van der Waals surface area contributed by atoms with E-state index in [1.807, 2.05) is 6.92 Å². The highest BCUT2D eigenvalue weighted by atomic mass is 35.5. The van der Waals surface area contributed by atoms with Crippen LogP contribution in [-0.2, 0) is 11.0 Å². The molecule has 0 heterocycles. The third-order valence-electron chi connectivity index (χ3n) is 0.620. The van der Waals surface area contributed by atoms with E-state index in [9.17, 15) is 4.21 Å². The normalized spacial score (nSPS) is 13.8. The molecule has 0 amide bonds. The summed E-state index contributed by atoms with van der Waals surface area (Å²) in [5, 5.41) is 0. The van der Waals surface area contributed by atoms with E-state index in [4.69, 9.17) is 11.6 Å². The topological polar surface area (TPSA) is 29.1 Å². The van der Waals surface area contributed by atoms with Crippen LogP contribution in [0, 0.1) is 0 Å². The second-order valence-electron chi connectivity index (χ2n) is 1.22. The SMILES string of the molecule is CCS(=O)NCCCl. The molecule has 1 N–H and O–H groups in total. The first-order chi connectivity index (χ1) is 3.81. The van der Waals surface area contributed by atoms with Crippen LogP contribution in [0.4, 0.5) is 0 Å². The Morgan fingerprint density at radius 1 is 1.75 bits per heavy atom. The van der Waals surface area contributed by atoms with Crippen molar-refractivity contribution >= 4 is 22.6 Å². The second-order valence-corrected chi connectivity index (χ2v) is 3.15. The van der Waals surface area contributed by atoms with Crippen LogP contribution in [0.1, 0.15) is 6.92 Å². The molecular formula is C4H10ClNOS. The summed E-state index contributed by atoms with van der Waals surface area (Å²) < 4.78 is 13.2. The molecule has 1 atom stereocenters. The lowest BCUT2D eigenvalue weighted by molar-refractivity contribution is 0.675. The average molecular weight is 156 g/mol. The fourth-order valence-electron chi connectivity index (χ4n) is 0.254. The zero-order valence-electron chi connectivity index (χ0n) is 4.82. The van der Waals surface area contributed by atoms with Crippen molar-refractivity contribution in [3.63, 3.8) is 0 Å². The average Bonchev–Trinajstić information content (AvgIpc) is 1.83. The first-order valence-electron chi connectivity index (χ1n) is 2.49. The van der Waals surface area contributed by atoms with Gasteiger partial charge in [0, 0.05) is 18.2 Å². The van der Waals surface area contributed by atoms with Gasteiger partial charge in [-0.2, -0.15) is 0 Å². The van der Waals surface area contributed by atoms with Gasteiger partial charge in [0.25, 0.3) is 0 Å². The van der Waals surface area contributed by atoms with Crippen molar-refractivity contribution in [2.75, 3.05) is 18.2 Å². The molecule has 50 valence electrons. The lowest BCUT2D eigenvalue weighted by atomic mass is 10.8. The number of rotatable bonds is 4. The lowest BCUT2D eigenvalue weighted by Gasteiger charge is -1.95. The van der Waals surface area contributed by atoms with E-state index in [-0.39, 0.29) is 0 Å². The van der Waals surface area contributed by atoms with Gasteiger partial charge in [0.1, 0.15) is 0 Å². The van der Waals surface area contributed by atoms with Gasteiger partial charge in [-0.3, -0.25) is 0 Å². The Morgan fingerprint density at radius 3 is 2.75 bits per heavy atom. The van der Waals surface area contributed by atoms with Crippen molar-refractivity contribution < 1.29 is 4.21 Å². The Labute approximate surface area is 57.2 Å². The number of hydrogen-bond acceptors (Lipinski definition) is 1. The van der Waals surface area contributed by atoms with E-state index in [0.29, 0.717) is 18.2 Å². The highest BCUT2D eigenvalue weighted by molar-refractivity contribution is 7.82. The first kappa shape index (κ1) is 8.40. The van der Waals surface area contributed by atoms with Crippen LogP contribution in [0.5, 0.6) is 0 Å². The number of alkyl halides is 1. The van der Waals surface area contributed by atoms with E-state index in [1.54, 1.807) is 0 Å². The lowest BCUT2D eigenvalue weighted by Crippen LogP contribution is -2.20. The Kier molecular flexibility index (Phi) is 5.81. The number of nitrogens with one attached hydrogen (secondary N) is 1. The minimum absolute atomic E-state index is 0.520. The smallest absolute Gasteiger partial charge is 0.0912 e. The van der Waals surface area contributed by atoms with Crippen LogP contribution < -0.4 is 4.72 Å². The zero-order valence-corrected chi connectivity index (χ0v) is 6.39. The first-order valence-corrected chi connectivity index (χ1v) is 4.34. The van der Waals surface area contributed by atoms with Crippen molar-refractivity contribution in [2.24, 2.45) is 0 Å². The van der Waals surface area contributed by atoms with Gasteiger partial charge in [-0.05, 0) is 0 Å². The highest BCUT2D eigenvalue weighted by Crippen LogP contribution is 1.74. The van der Waals surface area contributed by atoms with Crippen LogP contribution in [-0.4, -0.2) is 22.4 Å². The van der Waals surface area contributed by atoms with Gasteiger partial charge in [0.15, 0.2) is 0 Å². The molecule has 0 radical (unpaired) electrons. The molecule has 0 aromatic heterocycles. The van der Waals surface area contributed by atoms with Crippen LogP contribution in [0.15, 0.2) is 0 Å². The summed E-state index contributed by atoms with van der Waals surface area (Å²) in [6.45, 7) is 2.49. The van der Waals surface area contributed by atoms with Crippen LogP contribution >= 0.6 is 11.6 Å². The maximum absolute atomic E-state index is 10.5. The Hall–Kier alpha value is 0.400. The van der Waals surface area contributed by atoms with Gasteiger partial charge in [0.2, 0.25) is 0 Å². The number of hydrogen-bond donors (Lipinski definition) is 1. The van der Waals surface area contributed by atoms with Gasteiger partial charge in [-0.1, -0.05) is 6.92 Å². The summed E-state index contributed by atoms with van der Waals surface area (Å²) >= 11 is 5.31. The molecule has 0 aromatic rings. The van der Waals surface area contributed by atoms with E-state index in [0.717, 1.165) is 0 Å². The zero-order chi connectivity index (χ0) is 6.41. The highest BCUT2D eigenvalue weighted by Gasteiger charge is 1.89. The van der Waals surface area contributed by atoms with E-state index in [2.05, 4.69) is 4.72 Å². The molecule has 0 aromatic carbocycles. The molecule has 8 heavy (non-hydrogen) atoms. The van der Waals surface area contributed by atoms with Crippen molar-refractivity contribution in [3.8, 4) is 0 Å². The van der Waals surface area contributed by atoms with Crippen LogP contribution in [0.2, 0.25) is 0 Å². The van der Waals surface area contributed by atoms with Crippen LogP contribution in [0.25, 0.3) is 0 Å². The van der Waals surface area contributed by atoms with Crippen molar-refractivity contribution in [1.29, 1.82) is 0 Å². The molecule has 0 spiro atoms. The fraction of sp³-hybridized carbons (Fsp3) is 1.00.